The molecule has 0 bridgehead atoms. The zero-order valence-corrected chi connectivity index (χ0v) is 11.1. The van der Waals surface area contributed by atoms with Crippen LogP contribution >= 0.6 is 11.6 Å². The Bertz CT molecular complexity index is 710. The molecule has 0 spiro atoms. The predicted octanol–water partition coefficient (Wildman–Crippen LogP) is 4.28. The van der Waals surface area contributed by atoms with Crippen molar-refractivity contribution in [3.05, 3.63) is 68.5 Å². The number of halogens is 4. The number of hydrogen-bond acceptors (Lipinski definition) is 3. The fourth-order valence-electron chi connectivity index (χ4n) is 1.73. The number of nitrogens with zero attached hydrogens (tertiary/aromatic N) is 1. The molecule has 0 aromatic heterocycles. The summed E-state index contributed by atoms with van der Waals surface area (Å²) in [7, 11) is 0. The van der Waals surface area contributed by atoms with Crippen molar-refractivity contribution >= 4 is 23.0 Å². The number of nitrogens with one attached hydrogen (secondary N) is 1. The van der Waals surface area contributed by atoms with Gasteiger partial charge in [-0.25, -0.2) is 13.2 Å². The first kappa shape index (κ1) is 15.1. The van der Waals surface area contributed by atoms with Gasteiger partial charge in [-0.2, -0.15) is 0 Å². The second-order valence-corrected chi connectivity index (χ2v) is 4.56. The molecule has 110 valence electrons. The number of nitro benzene ring substituents is 1. The molecule has 2 aromatic rings. The molecule has 0 saturated heterocycles. The van der Waals surface area contributed by atoms with Crippen LogP contribution in [0.5, 0.6) is 0 Å². The summed E-state index contributed by atoms with van der Waals surface area (Å²) < 4.78 is 40.2. The molecule has 0 aliphatic heterocycles. The zero-order valence-electron chi connectivity index (χ0n) is 10.4. The average Bonchev–Trinajstić information content (AvgIpc) is 2.38. The van der Waals surface area contributed by atoms with Crippen LogP contribution < -0.4 is 5.32 Å². The first-order valence-electron chi connectivity index (χ1n) is 5.69. The highest BCUT2D eigenvalue weighted by molar-refractivity contribution is 6.30. The van der Waals surface area contributed by atoms with Gasteiger partial charge in [-0.1, -0.05) is 17.7 Å². The number of rotatable bonds is 4. The van der Waals surface area contributed by atoms with E-state index in [4.69, 9.17) is 11.6 Å². The van der Waals surface area contributed by atoms with Gasteiger partial charge in [-0.3, -0.25) is 10.1 Å². The molecule has 0 amide bonds. The summed E-state index contributed by atoms with van der Waals surface area (Å²) in [6.45, 7) is -0.216. The summed E-state index contributed by atoms with van der Waals surface area (Å²) in [6.07, 6.45) is 0. The number of nitro groups is 1. The molecular weight excluding hydrogens is 309 g/mol. The average molecular weight is 317 g/mol. The first-order chi connectivity index (χ1) is 9.88. The van der Waals surface area contributed by atoms with E-state index in [1.165, 1.54) is 12.1 Å². The molecule has 0 atom stereocenters. The van der Waals surface area contributed by atoms with Gasteiger partial charge in [0, 0.05) is 23.2 Å². The van der Waals surface area contributed by atoms with Crippen LogP contribution in [0, 0.1) is 27.6 Å². The minimum absolute atomic E-state index is 0.137. The van der Waals surface area contributed by atoms with E-state index in [9.17, 15) is 23.3 Å². The van der Waals surface area contributed by atoms with Crippen molar-refractivity contribution in [2.24, 2.45) is 0 Å². The van der Waals surface area contributed by atoms with Crippen molar-refractivity contribution in [3.63, 3.8) is 0 Å². The monoisotopic (exact) mass is 316 g/mol. The summed E-state index contributed by atoms with van der Waals surface area (Å²) in [5, 5.41) is 13.4. The van der Waals surface area contributed by atoms with E-state index in [2.05, 4.69) is 5.32 Å². The molecule has 0 unspecified atom stereocenters. The fraction of sp³-hybridized carbons (Fsp3) is 0.0769. The minimum atomic E-state index is -1.13. The Morgan fingerprint density at radius 3 is 2.48 bits per heavy atom. The highest BCUT2D eigenvalue weighted by Crippen LogP contribution is 2.29. The summed E-state index contributed by atoms with van der Waals surface area (Å²) in [4.78, 5) is 9.87. The highest BCUT2D eigenvalue weighted by atomic mass is 35.5. The minimum Gasteiger partial charge on any atom is -0.373 e. The molecule has 4 nitrogen and oxygen atoms in total. The topological polar surface area (TPSA) is 55.2 Å². The Morgan fingerprint density at radius 2 is 1.86 bits per heavy atom. The molecule has 0 aliphatic rings. The summed E-state index contributed by atoms with van der Waals surface area (Å²) in [5.74, 6) is -2.83. The number of anilines is 1. The number of hydrogen-bond donors (Lipinski definition) is 1. The third kappa shape index (κ3) is 3.43. The van der Waals surface area contributed by atoms with Gasteiger partial charge < -0.3 is 5.32 Å². The van der Waals surface area contributed by atoms with Crippen LogP contribution in [0.3, 0.4) is 0 Å². The van der Waals surface area contributed by atoms with Gasteiger partial charge in [0.2, 0.25) is 0 Å². The number of benzene rings is 2. The lowest BCUT2D eigenvalue weighted by molar-refractivity contribution is -0.384. The molecular formula is C13H8ClF3N2O2. The van der Waals surface area contributed by atoms with Crippen LogP contribution in [-0.2, 0) is 6.54 Å². The molecule has 2 rings (SSSR count). The molecule has 0 fully saturated rings. The maximum absolute atomic E-state index is 13.6. The van der Waals surface area contributed by atoms with Crippen molar-refractivity contribution < 1.29 is 18.1 Å². The van der Waals surface area contributed by atoms with E-state index >= 15 is 0 Å². The second-order valence-electron chi connectivity index (χ2n) is 4.13. The van der Waals surface area contributed by atoms with Gasteiger partial charge in [0.15, 0.2) is 5.82 Å². The highest BCUT2D eigenvalue weighted by Gasteiger charge is 2.20. The Hall–Kier alpha value is -2.28. The third-order valence-corrected chi connectivity index (χ3v) is 2.94. The van der Waals surface area contributed by atoms with Gasteiger partial charge in [0.05, 0.1) is 11.0 Å². The van der Waals surface area contributed by atoms with Crippen LogP contribution in [0.2, 0.25) is 5.02 Å². The summed E-state index contributed by atoms with van der Waals surface area (Å²) in [6, 6.07) is 4.94. The van der Waals surface area contributed by atoms with Crippen LogP contribution in [0.25, 0.3) is 0 Å². The largest absolute Gasteiger partial charge is 0.373 e. The van der Waals surface area contributed by atoms with Crippen LogP contribution in [0.4, 0.5) is 24.5 Å². The first-order valence-corrected chi connectivity index (χ1v) is 6.07. The van der Waals surface area contributed by atoms with E-state index in [1.807, 2.05) is 0 Å². The lowest BCUT2D eigenvalue weighted by Gasteiger charge is -2.09. The predicted molar refractivity (Wildman–Crippen MR) is 71.7 cm³/mol. The third-order valence-electron chi connectivity index (χ3n) is 2.70. The van der Waals surface area contributed by atoms with Gasteiger partial charge in [0.1, 0.15) is 17.3 Å². The molecule has 0 heterocycles. The molecule has 1 N–H and O–H groups in total. The van der Waals surface area contributed by atoms with E-state index in [0.717, 1.165) is 6.07 Å². The van der Waals surface area contributed by atoms with Crippen molar-refractivity contribution in [2.75, 3.05) is 5.32 Å². The lowest BCUT2D eigenvalue weighted by Crippen LogP contribution is -2.07. The Kier molecular flexibility index (Phi) is 4.32. The fourth-order valence-corrected chi connectivity index (χ4v) is 1.89. The van der Waals surface area contributed by atoms with Gasteiger partial charge in [-0.05, 0) is 12.1 Å². The van der Waals surface area contributed by atoms with Crippen LogP contribution in [0.15, 0.2) is 30.3 Å². The maximum Gasteiger partial charge on any atom is 0.298 e. The van der Waals surface area contributed by atoms with Gasteiger partial charge in [-0.15, -0.1) is 0 Å². The standard InChI is InChI=1S/C13H8ClF3N2O2/c14-8-2-1-7(10(16)3-8)6-18-13-11(17)4-9(15)5-12(13)19(20)21/h1-5,18H,6H2. The van der Waals surface area contributed by atoms with E-state index in [0.29, 0.717) is 12.1 Å². The van der Waals surface area contributed by atoms with Crippen LogP contribution in [0.1, 0.15) is 5.56 Å². The normalized spacial score (nSPS) is 10.5. The van der Waals surface area contributed by atoms with Crippen molar-refractivity contribution in [3.8, 4) is 0 Å². The Morgan fingerprint density at radius 1 is 1.14 bits per heavy atom. The molecule has 0 saturated carbocycles. The van der Waals surface area contributed by atoms with Crippen molar-refractivity contribution in [2.45, 2.75) is 6.54 Å². The van der Waals surface area contributed by atoms with Gasteiger partial charge in [0.25, 0.3) is 5.69 Å². The van der Waals surface area contributed by atoms with Gasteiger partial charge >= 0.3 is 0 Å². The SMILES string of the molecule is O=[N+]([O-])c1cc(F)cc(F)c1NCc1ccc(Cl)cc1F. The molecule has 2 aromatic carbocycles. The van der Waals surface area contributed by atoms with E-state index in [1.54, 1.807) is 0 Å². The zero-order chi connectivity index (χ0) is 15.6. The second kappa shape index (κ2) is 6.01. The van der Waals surface area contributed by atoms with E-state index in [-0.39, 0.29) is 17.1 Å². The Labute approximate surface area is 122 Å². The molecule has 0 radical (unpaired) electrons. The Balaban J connectivity index is 2.29. The maximum atomic E-state index is 13.6. The molecule has 0 aliphatic carbocycles. The van der Waals surface area contributed by atoms with Crippen molar-refractivity contribution in [1.82, 2.24) is 0 Å². The van der Waals surface area contributed by atoms with Crippen molar-refractivity contribution in [1.29, 1.82) is 0 Å². The van der Waals surface area contributed by atoms with E-state index < -0.39 is 33.7 Å². The quantitative estimate of drug-likeness (QED) is 0.676. The smallest absolute Gasteiger partial charge is 0.298 e. The molecule has 21 heavy (non-hydrogen) atoms. The molecule has 8 heteroatoms. The lowest BCUT2D eigenvalue weighted by atomic mass is 10.2. The summed E-state index contributed by atoms with van der Waals surface area (Å²) in [5.41, 5.74) is -1.13. The van der Waals surface area contributed by atoms with Crippen LogP contribution in [-0.4, -0.2) is 4.92 Å². The summed E-state index contributed by atoms with van der Waals surface area (Å²) >= 11 is 5.59.